The molecule has 0 fully saturated rings. The summed E-state index contributed by atoms with van der Waals surface area (Å²) in [4.78, 5) is 27.8. The predicted octanol–water partition coefficient (Wildman–Crippen LogP) is 2.88. The molecule has 1 amide bonds. The number of carbonyl (C=O) groups excluding carboxylic acids is 3. The lowest BCUT2D eigenvalue weighted by molar-refractivity contribution is -0.191. The monoisotopic (exact) mass is 274 g/mol. The van der Waals surface area contributed by atoms with Crippen LogP contribution in [0.1, 0.15) is 44.6 Å². The van der Waals surface area contributed by atoms with Crippen molar-refractivity contribution in [3.05, 3.63) is 29.8 Å². The summed E-state index contributed by atoms with van der Waals surface area (Å²) in [6.45, 7) is 2.15. The minimum atomic E-state index is 0.0243. The van der Waals surface area contributed by atoms with Gasteiger partial charge in [-0.15, -0.1) is 0 Å². The Labute approximate surface area is 118 Å². The lowest BCUT2D eigenvalue weighted by atomic mass is 10.1. The Bertz CT molecular complexity index is 486. The molecule has 5 nitrogen and oxygen atoms in total. The summed E-state index contributed by atoms with van der Waals surface area (Å²) in [6.07, 6.45) is 5.18. The minimum Gasteiger partial charge on any atom is -0.326 e. The molecule has 0 aliphatic carbocycles. The van der Waals surface area contributed by atoms with Crippen molar-refractivity contribution in [2.75, 3.05) is 5.32 Å². The zero-order valence-electron chi connectivity index (χ0n) is 11.5. The fraction of sp³-hybridized carbons (Fsp3) is 0.400. The molecule has 1 N–H and O–H groups in total. The molecule has 0 atom stereocenters. The van der Waals surface area contributed by atoms with Crippen molar-refractivity contribution < 1.29 is 14.4 Å². The van der Waals surface area contributed by atoms with Gasteiger partial charge in [0, 0.05) is 12.1 Å². The van der Waals surface area contributed by atoms with Crippen molar-refractivity contribution in [2.24, 2.45) is 0 Å². The zero-order chi connectivity index (χ0) is 15.2. The quantitative estimate of drug-likeness (QED) is 0.808. The highest BCUT2D eigenvalue weighted by molar-refractivity contribution is 5.90. The van der Waals surface area contributed by atoms with Crippen molar-refractivity contribution in [2.45, 2.75) is 39.0 Å². The molecular formula is C15H18N2O3. The van der Waals surface area contributed by atoms with Crippen LogP contribution in [0.4, 0.5) is 5.69 Å². The Balaban J connectivity index is 0.00000110. The van der Waals surface area contributed by atoms with Crippen LogP contribution in [0, 0.1) is 11.3 Å². The third kappa shape index (κ3) is 8.62. The van der Waals surface area contributed by atoms with Crippen molar-refractivity contribution in [1.29, 1.82) is 5.26 Å². The van der Waals surface area contributed by atoms with Gasteiger partial charge in [-0.2, -0.15) is 14.9 Å². The van der Waals surface area contributed by atoms with E-state index in [2.05, 4.69) is 12.2 Å². The van der Waals surface area contributed by atoms with Gasteiger partial charge in [-0.1, -0.05) is 32.3 Å². The van der Waals surface area contributed by atoms with Gasteiger partial charge in [0.05, 0.1) is 11.6 Å². The molecule has 0 heterocycles. The van der Waals surface area contributed by atoms with Crippen LogP contribution in [-0.4, -0.2) is 12.1 Å². The third-order valence-electron chi connectivity index (χ3n) is 2.53. The van der Waals surface area contributed by atoms with Gasteiger partial charge in [0.15, 0.2) is 0 Å². The third-order valence-corrected chi connectivity index (χ3v) is 2.53. The number of rotatable bonds is 6. The lowest BCUT2D eigenvalue weighted by Crippen LogP contribution is -2.11. The molecule has 0 aliphatic rings. The average Bonchev–Trinajstić information content (AvgIpc) is 2.45. The first-order valence-electron chi connectivity index (χ1n) is 6.47. The number of amides is 1. The number of hydrogen-bond acceptors (Lipinski definition) is 4. The lowest BCUT2D eigenvalue weighted by Gasteiger charge is -2.05. The molecule has 106 valence electrons. The first-order chi connectivity index (χ1) is 9.67. The van der Waals surface area contributed by atoms with E-state index in [1.165, 1.54) is 12.8 Å². The molecule has 0 aliphatic heterocycles. The predicted molar refractivity (Wildman–Crippen MR) is 73.6 cm³/mol. The summed E-state index contributed by atoms with van der Waals surface area (Å²) >= 11 is 0. The van der Waals surface area contributed by atoms with E-state index in [0.29, 0.717) is 17.7 Å². The van der Waals surface area contributed by atoms with E-state index in [-0.39, 0.29) is 12.1 Å². The summed E-state index contributed by atoms with van der Waals surface area (Å²) in [5, 5.41) is 11.5. The Hall–Kier alpha value is -2.44. The first kappa shape index (κ1) is 17.6. The van der Waals surface area contributed by atoms with E-state index >= 15 is 0 Å². The highest BCUT2D eigenvalue weighted by Crippen LogP contribution is 2.11. The number of carbonyl (C=O) groups is 1. The molecule has 5 heteroatoms. The van der Waals surface area contributed by atoms with Crippen LogP contribution in [-0.2, 0) is 14.4 Å². The van der Waals surface area contributed by atoms with Gasteiger partial charge in [0.1, 0.15) is 0 Å². The van der Waals surface area contributed by atoms with E-state index < -0.39 is 0 Å². The van der Waals surface area contributed by atoms with E-state index in [4.69, 9.17) is 14.9 Å². The van der Waals surface area contributed by atoms with Gasteiger partial charge in [0.2, 0.25) is 5.91 Å². The molecule has 0 saturated heterocycles. The molecule has 20 heavy (non-hydrogen) atoms. The molecule has 0 spiro atoms. The van der Waals surface area contributed by atoms with Gasteiger partial charge < -0.3 is 5.32 Å². The largest absolute Gasteiger partial charge is 0.373 e. The molecule has 0 bridgehead atoms. The summed E-state index contributed by atoms with van der Waals surface area (Å²) in [7, 11) is 0. The molecule has 0 saturated carbocycles. The number of anilines is 1. The van der Waals surface area contributed by atoms with Gasteiger partial charge in [-0.05, 0) is 24.6 Å². The topological polar surface area (TPSA) is 87.0 Å². The summed E-state index contributed by atoms with van der Waals surface area (Å²) in [5.41, 5.74) is 1.26. The Morgan fingerprint density at radius 3 is 2.55 bits per heavy atom. The SMILES string of the molecule is CCCCCCC(=O)Nc1cccc(C#N)c1.O=C=O. The van der Waals surface area contributed by atoms with Crippen LogP contribution in [0.3, 0.4) is 0 Å². The smallest absolute Gasteiger partial charge is 0.326 e. The van der Waals surface area contributed by atoms with Gasteiger partial charge >= 0.3 is 6.15 Å². The zero-order valence-corrected chi connectivity index (χ0v) is 11.5. The van der Waals surface area contributed by atoms with Crippen LogP contribution in [0.2, 0.25) is 0 Å². The standard InChI is InChI=1S/C14H18N2O.CO2/c1-2-3-4-5-9-14(17)16-13-8-6-7-12(10-13)11-15;2-1-3/h6-8,10H,2-5,9H2,1H3,(H,16,17);. The summed E-state index contributed by atoms with van der Waals surface area (Å²) < 4.78 is 0. The molecule has 0 aromatic heterocycles. The highest BCUT2D eigenvalue weighted by atomic mass is 16.2. The van der Waals surface area contributed by atoms with Crippen LogP contribution in [0.25, 0.3) is 0 Å². The van der Waals surface area contributed by atoms with Crippen LogP contribution >= 0.6 is 0 Å². The van der Waals surface area contributed by atoms with Crippen LogP contribution in [0.5, 0.6) is 0 Å². The van der Waals surface area contributed by atoms with Gasteiger partial charge in [-0.3, -0.25) is 4.79 Å². The van der Waals surface area contributed by atoms with E-state index in [1.807, 2.05) is 6.07 Å². The molecule has 0 unspecified atom stereocenters. The molecule has 1 aromatic carbocycles. The van der Waals surface area contributed by atoms with Crippen molar-refractivity contribution in [3.8, 4) is 6.07 Å². The number of nitriles is 1. The average molecular weight is 274 g/mol. The van der Waals surface area contributed by atoms with Crippen LogP contribution < -0.4 is 5.32 Å². The number of nitrogens with zero attached hydrogens (tertiary/aromatic N) is 1. The van der Waals surface area contributed by atoms with Crippen molar-refractivity contribution in [1.82, 2.24) is 0 Å². The number of unbranched alkanes of at least 4 members (excludes halogenated alkanes) is 3. The van der Waals surface area contributed by atoms with Gasteiger partial charge in [-0.25, -0.2) is 0 Å². The molecular weight excluding hydrogens is 256 g/mol. The number of nitrogens with one attached hydrogen (secondary N) is 1. The Morgan fingerprint density at radius 2 is 1.95 bits per heavy atom. The maximum Gasteiger partial charge on any atom is 0.373 e. The summed E-state index contributed by atoms with van der Waals surface area (Å²) in [5.74, 6) is 0.0243. The Morgan fingerprint density at radius 1 is 1.25 bits per heavy atom. The molecule has 1 aromatic rings. The number of hydrogen-bond donors (Lipinski definition) is 1. The van der Waals surface area contributed by atoms with Crippen molar-refractivity contribution in [3.63, 3.8) is 0 Å². The second kappa shape index (κ2) is 11.6. The fourth-order valence-electron chi connectivity index (χ4n) is 1.60. The molecule has 1 rings (SSSR count). The van der Waals surface area contributed by atoms with Gasteiger partial charge in [0.25, 0.3) is 0 Å². The molecule has 0 radical (unpaired) electrons. The van der Waals surface area contributed by atoms with E-state index in [0.717, 1.165) is 12.8 Å². The van der Waals surface area contributed by atoms with E-state index in [1.54, 1.807) is 24.3 Å². The first-order valence-corrected chi connectivity index (χ1v) is 6.47. The fourth-order valence-corrected chi connectivity index (χ4v) is 1.60. The normalized spacial score (nSPS) is 8.60. The maximum atomic E-state index is 11.6. The summed E-state index contributed by atoms with van der Waals surface area (Å²) in [6, 6.07) is 9.02. The van der Waals surface area contributed by atoms with Crippen molar-refractivity contribution >= 4 is 17.7 Å². The second-order valence-corrected chi connectivity index (χ2v) is 4.13. The number of benzene rings is 1. The minimum absolute atomic E-state index is 0.0243. The second-order valence-electron chi connectivity index (χ2n) is 4.13. The van der Waals surface area contributed by atoms with E-state index in [9.17, 15) is 4.79 Å². The maximum absolute atomic E-state index is 11.6. The van der Waals surface area contributed by atoms with Crippen LogP contribution in [0.15, 0.2) is 24.3 Å². The Kier molecular flexibility index (Phi) is 10.2. The highest BCUT2D eigenvalue weighted by Gasteiger charge is 2.02.